The Morgan fingerprint density at radius 1 is 1.03 bits per heavy atom. The van der Waals surface area contributed by atoms with Crippen LogP contribution in [0.1, 0.15) is 46.5 Å². The van der Waals surface area contributed by atoms with Gasteiger partial charge in [0.15, 0.2) is 0 Å². The molecule has 2 N–H and O–H groups in total. The molecule has 0 radical (unpaired) electrons. The number of anilines is 2. The second-order valence-electron chi connectivity index (χ2n) is 8.85. The third-order valence-electron chi connectivity index (χ3n) is 6.35. The Bertz CT molecular complexity index is 794. The molecule has 2 aliphatic rings. The minimum atomic E-state index is -3.18. The smallest absolute Gasteiger partial charge is 0.219 e. The van der Waals surface area contributed by atoms with E-state index >= 15 is 0 Å². The molecular weight excluding hydrogens is 400 g/mol. The van der Waals surface area contributed by atoms with E-state index < -0.39 is 10.0 Å². The van der Waals surface area contributed by atoms with Crippen molar-refractivity contribution in [3.05, 3.63) is 24.3 Å². The third kappa shape index (κ3) is 6.11. The number of carbonyl (C=O) groups excluding carboxylic acids is 1. The van der Waals surface area contributed by atoms with Crippen molar-refractivity contribution in [1.82, 2.24) is 9.62 Å². The van der Waals surface area contributed by atoms with E-state index in [0.29, 0.717) is 5.92 Å². The maximum atomic E-state index is 12.0. The topological polar surface area (TPSA) is 81.8 Å². The zero-order chi connectivity index (χ0) is 21.7. The fraction of sp³-hybridized carbons (Fsp3) is 0.682. The lowest BCUT2D eigenvalue weighted by Crippen LogP contribution is -2.48. The summed E-state index contributed by atoms with van der Waals surface area (Å²) in [5.74, 6) is 0.727. The van der Waals surface area contributed by atoms with Gasteiger partial charge in [-0.1, -0.05) is 0 Å². The number of carbonyl (C=O) groups is 1. The standard InChI is InChI=1S/C22H36N4O3S/c1-17(2)30(28,29)24-21-6-4-19(5-7-21)16-23-20-8-10-22(11-9-20)26-14-12-25(13-15-26)18(3)27/h8-11,17,19,21,23-24H,4-7,12-16H2,1-3H3. The van der Waals surface area contributed by atoms with Gasteiger partial charge >= 0.3 is 0 Å². The molecule has 168 valence electrons. The highest BCUT2D eigenvalue weighted by Crippen LogP contribution is 2.26. The van der Waals surface area contributed by atoms with E-state index in [1.54, 1.807) is 20.8 Å². The van der Waals surface area contributed by atoms with Gasteiger partial charge in [-0.3, -0.25) is 4.79 Å². The van der Waals surface area contributed by atoms with E-state index in [-0.39, 0.29) is 17.2 Å². The van der Waals surface area contributed by atoms with E-state index in [9.17, 15) is 13.2 Å². The SMILES string of the molecule is CC(=O)N1CCN(c2ccc(NCC3CCC(NS(=O)(=O)C(C)C)CC3)cc2)CC1. The average Bonchev–Trinajstić information content (AvgIpc) is 2.73. The van der Waals surface area contributed by atoms with Crippen molar-refractivity contribution >= 4 is 27.3 Å². The van der Waals surface area contributed by atoms with Gasteiger partial charge in [0.2, 0.25) is 15.9 Å². The van der Waals surface area contributed by atoms with E-state index in [1.807, 2.05) is 4.90 Å². The molecule has 1 amide bonds. The molecule has 30 heavy (non-hydrogen) atoms. The molecule has 1 aliphatic carbocycles. The molecule has 1 aromatic rings. The molecular formula is C22H36N4O3S. The van der Waals surface area contributed by atoms with E-state index in [1.165, 1.54) is 5.69 Å². The molecule has 0 unspecified atom stereocenters. The summed E-state index contributed by atoms with van der Waals surface area (Å²) in [5.41, 5.74) is 2.31. The predicted molar refractivity (Wildman–Crippen MR) is 122 cm³/mol. The highest BCUT2D eigenvalue weighted by atomic mass is 32.2. The summed E-state index contributed by atoms with van der Waals surface area (Å²) in [6.45, 7) is 9.29. The van der Waals surface area contributed by atoms with Gasteiger partial charge in [-0.2, -0.15) is 0 Å². The number of rotatable bonds is 7. The van der Waals surface area contributed by atoms with Crippen molar-refractivity contribution in [2.45, 2.75) is 57.7 Å². The minimum Gasteiger partial charge on any atom is -0.385 e. The number of nitrogens with zero attached hydrogens (tertiary/aromatic N) is 2. The van der Waals surface area contributed by atoms with Crippen LogP contribution in [0.25, 0.3) is 0 Å². The monoisotopic (exact) mass is 436 g/mol. The molecule has 0 spiro atoms. The summed E-state index contributed by atoms with van der Waals surface area (Å²) >= 11 is 0. The number of sulfonamides is 1. The second kappa shape index (κ2) is 10.0. The van der Waals surface area contributed by atoms with E-state index in [0.717, 1.165) is 64.1 Å². The van der Waals surface area contributed by atoms with Crippen molar-refractivity contribution in [2.24, 2.45) is 5.92 Å². The van der Waals surface area contributed by atoms with Crippen LogP contribution in [0.4, 0.5) is 11.4 Å². The van der Waals surface area contributed by atoms with Crippen molar-refractivity contribution < 1.29 is 13.2 Å². The molecule has 0 bridgehead atoms. The van der Waals surface area contributed by atoms with Crippen molar-refractivity contribution in [3.63, 3.8) is 0 Å². The Labute approximate surface area is 181 Å². The lowest BCUT2D eigenvalue weighted by atomic mass is 9.86. The fourth-order valence-electron chi connectivity index (χ4n) is 4.18. The molecule has 0 atom stereocenters. The van der Waals surface area contributed by atoms with Crippen molar-refractivity contribution in [1.29, 1.82) is 0 Å². The van der Waals surface area contributed by atoms with Crippen LogP contribution in [0.2, 0.25) is 0 Å². The van der Waals surface area contributed by atoms with Gasteiger partial charge in [0.25, 0.3) is 0 Å². The minimum absolute atomic E-state index is 0.0800. The normalized spacial score (nSPS) is 22.9. The van der Waals surface area contributed by atoms with Gasteiger partial charge in [-0.25, -0.2) is 13.1 Å². The van der Waals surface area contributed by atoms with Crippen LogP contribution < -0.4 is 14.9 Å². The Hall–Kier alpha value is -1.80. The lowest BCUT2D eigenvalue weighted by Gasteiger charge is -2.35. The van der Waals surface area contributed by atoms with Crippen molar-refractivity contribution in [3.8, 4) is 0 Å². The van der Waals surface area contributed by atoms with Crippen molar-refractivity contribution in [2.75, 3.05) is 42.9 Å². The lowest BCUT2D eigenvalue weighted by molar-refractivity contribution is -0.129. The molecule has 1 saturated carbocycles. The maximum Gasteiger partial charge on any atom is 0.219 e. The highest BCUT2D eigenvalue weighted by molar-refractivity contribution is 7.90. The first-order chi connectivity index (χ1) is 14.2. The van der Waals surface area contributed by atoms with Crippen LogP contribution >= 0.6 is 0 Å². The zero-order valence-electron chi connectivity index (χ0n) is 18.4. The Morgan fingerprint density at radius 3 is 2.17 bits per heavy atom. The van der Waals surface area contributed by atoms with Gasteiger partial charge in [0.05, 0.1) is 5.25 Å². The maximum absolute atomic E-state index is 12.0. The zero-order valence-corrected chi connectivity index (χ0v) is 19.2. The van der Waals surface area contributed by atoms with Gasteiger partial charge in [-0.15, -0.1) is 0 Å². The third-order valence-corrected chi connectivity index (χ3v) is 8.25. The summed E-state index contributed by atoms with van der Waals surface area (Å²) in [6, 6.07) is 8.60. The first-order valence-corrected chi connectivity index (χ1v) is 12.6. The largest absolute Gasteiger partial charge is 0.385 e. The molecule has 7 nitrogen and oxygen atoms in total. The summed E-state index contributed by atoms with van der Waals surface area (Å²) in [7, 11) is -3.18. The predicted octanol–water partition coefficient (Wildman–Crippen LogP) is 2.65. The summed E-state index contributed by atoms with van der Waals surface area (Å²) in [6.07, 6.45) is 3.89. The summed E-state index contributed by atoms with van der Waals surface area (Å²) in [5, 5.41) is 3.16. The number of piperazine rings is 1. The van der Waals surface area contributed by atoms with Crippen LogP contribution in [0, 0.1) is 5.92 Å². The number of nitrogens with one attached hydrogen (secondary N) is 2. The first-order valence-electron chi connectivity index (χ1n) is 11.1. The Kier molecular flexibility index (Phi) is 7.63. The first kappa shape index (κ1) is 22.9. The molecule has 8 heteroatoms. The van der Waals surface area contributed by atoms with Crippen LogP contribution in [-0.2, 0) is 14.8 Å². The number of benzene rings is 1. The fourth-order valence-corrected chi connectivity index (χ4v) is 5.16. The number of hydrogen-bond donors (Lipinski definition) is 2. The van der Waals surface area contributed by atoms with Crippen LogP contribution in [-0.4, -0.2) is 63.2 Å². The van der Waals surface area contributed by atoms with E-state index in [4.69, 9.17) is 0 Å². The molecule has 1 saturated heterocycles. The summed E-state index contributed by atoms with van der Waals surface area (Å²) < 4.78 is 26.9. The Balaban J connectivity index is 1.40. The molecule has 2 fully saturated rings. The number of amides is 1. The molecule has 0 aromatic heterocycles. The van der Waals surface area contributed by atoms with Crippen LogP contribution in [0.5, 0.6) is 0 Å². The number of hydrogen-bond acceptors (Lipinski definition) is 5. The Morgan fingerprint density at radius 2 is 1.63 bits per heavy atom. The highest BCUT2D eigenvalue weighted by Gasteiger charge is 2.26. The van der Waals surface area contributed by atoms with Gasteiger partial charge in [-0.05, 0) is 69.7 Å². The van der Waals surface area contributed by atoms with Gasteiger partial charge in [0.1, 0.15) is 0 Å². The van der Waals surface area contributed by atoms with E-state index in [2.05, 4.69) is 39.2 Å². The summed E-state index contributed by atoms with van der Waals surface area (Å²) in [4.78, 5) is 15.7. The molecule has 1 heterocycles. The molecule has 3 rings (SSSR count). The second-order valence-corrected chi connectivity index (χ2v) is 11.1. The van der Waals surface area contributed by atoms with Gasteiger partial charge in [0, 0.05) is 57.1 Å². The van der Waals surface area contributed by atoms with Crippen LogP contribution in [0.3, 0.4) is 0 Å². The molecule has 1 aliphatic heterocycles. The average molecular weight is 437 g/mol. The van der Waals surface area contributed by atoms with Gasteiger partial charge < -0.3 is 15.1 Å². The molecule has 1 aromatic carbocycles. The quantitative estimate of drug-likeness (QED) is 0.687. The van der Waals surface area contributed by atoms with Crippen LogP contribution in [0.15, 0.2) is 24.3 Å².